The van der Waals surface area contributed by atoms with Gasteiger partial charge in [0.2, 0.25) is 0 Å². The maximum atomic E-state index is 13.1. The zero-order chi connectivity index (χ0) is 9.97. The van der Waals surface area contributed by atoms with E-state index in [4.69, 9.17) is 4.74 Å². The highest BCUT2D eigenvalue weighted by molar-refractivity contribution is 5.94. The zero-order valence-corrected chi connectivity index (χ0v) is 7.50. The lowest BCUT2D eigenvalue weighted by molar-refractivity contribution is -0.00352. The van der Waals surface area contributed by atoms with E-state index >= 15 is 0 Å². The fraction of sp³-hybridized carbons (Fsp3) is 0.300. The first-order valence-electron chi connectivity index (χ1n) is 4.40. The fourth-order valence-electron chi connectivity index (χ4n) is 1.23. The number of carbonyl (C=O) groups excluding carboxylic acids is 1. The summed E-state index contributed by atoms with van der Waals surface area (Å²) in [6.45, 7) is 1.03. The van der Waals surface area contributed by atoms with Crippen molar-refractivity contribution in [2.75, 3.05) is 13.2 Å². The molecule has 74 valence electrons. The van der Waals surface area contributed by atoms with Crippen molar-refractivity contribution in [1.29, 1.82) is 0 Å². The summed E-state index contributed by atoms with van der Waals surface area (Å²) < 4.78 is 18.0. The normalized spacial score (nSPS) is 16.1. The molecule has 14 heavy (non-hydrogen) atoms. The Hall–Kier alpha value is -1.42. The topological polar surface area (TPSA) is 38.3 Å². The second-order valence-corrected chi connectivity index (χ2v) is 3.19. The van der Waals surface area contributed by atoms with Gasteiger partial charge < -0.3 is 10.1 Å². The summed E-state index contributed by atoms with van der Waals surface area (Å²) in [6.07, 6.45) is 0. The van der Waals surface area contributed by atoms with Crippen LogP contribution in [0.1, 0.15) is 10.4 Å². The Morgan fingerprint density at radius 3 is 2.71 bits per heavy atom. The molecule has 0 bridgehead atoms. The summed E-state index contributed by atoms with van der Waals surface area (Å²) in [6, 6.07) is 5.95. The van der Waals surface area contributed by atoms with Crippen LogP contribution in [0, 0.1) is 5.82 Å². The Bertz CT molecular complexity index is 350. The van der Waals surface area contributed by atoms with Gasteiger partial charge in [0.15, 0.2) is 0 Å². The van der Waals surface area contributed by atoms with E-state index in [1.54, 1.807) is 12.1 Å². The van der Waals surface area contributed by atoms with E-state index in [0.717, 1.165) is 0 Å². The van der Waals surface area contributed by atoms with E-state index in [9.17, 15) is 9.18 Å². The molecule has 1 fully saturated rings. The molecule has 1 amide bonds. The molecule has 0 atom stereocenters. The van der Waals surface area contributed by atoms with E-state index in [1.807, 2.05) is 0 Å². The third-order valence-corrected chi connectivity index (χ3v) is 2.09. The first kappa shape index (κ1) is 9.15. The van der Waals surface area contributed by atoms with Gasteiger partial charge in [0, 0.05) is 0 Å². The highest BCUT2D eigenvalue weighted by atomic mass is 19.1. The third-order valence-electron chi connectivity index (χ3n) is 2.09. The van der Waals surface area contributed by atoms with Crippen molar-refractivity contribution in [3.63, 3.8) is 0 Å². The maximum Gasteiger partial charge on any atom is 0.254 e. The van der Waals surface area contributed by atoms with Crippen LogP contribution < -0.4 is 5.32 Å². The molecule has 1 N–H and O–H groups in total. The van der Waals surface area contributed by atoms with Crippen LogP contribution in [0.5, 0.6) is 0 Å². The molecule has 1 saturated heterocycles. The molecule has 0 aromatic heterocycles. The molecule has 0 radical (unpaired) electrons. The zero-order valence-electron chi connectivity index (χ0n) is 7.50. The molecule has 0 unspecified atom stereocenters. The Balaban J connectivity index is 2.06. The average molecular weight is 195 g/mol. The van der Waals surface area contributed by atoms with Crippen molar-refractivity contribution in [3.05, 3.63) is 35.6 Å². The van der Waals surface area contributed by atoms with Gasteiger partial charge in [0.25, 0.3) is 5.91 Å². The van der Waals surface area contributed by atoms with Gasteiger partial charge in [-0.15, -0.1) is 0 Å². The minimum Gasteiger partial charge on any atom is -0.377 e. The number of amides is 1. The van der Waals surface area contributed by atoms with Crippen molar-refractivity contribution in [3.8, 4) is 0 Å². The molecule has 4 heteroatoms. The van der Waals surface area contributed by atoms with Crippen LogP contribution in [0.25, 0.3) is 0 Å². The van der Waals surface area contributed by atoms with Gasteiger partial charge in [-0.2, -0.15) is 0 Å². The smallest absolute Gasteiger partial charge is 0.254 e. The van der Waals surface area contributed by atoms with Crippen molar-refractivity contribution in [1.82, 2.24) is 5.32 Å². The lowest BCUT2D eigenvalue weighted by Crippen LogP contribution is -2.48. The fourth-order valence-corrected chi connectivity index (χ4v) is 1.23. The van der Waals surface area contributed by atoms with E-state index < -0.39 is 5.82 Å². The van der Waals surface area contributed by atoms with Crippen LogP contribution in [0.15, 0.2) is 24.3 Å². The Morgan fingerprint density at radius 1 is 1.43 bits per heavy atom. The highest BCUT2D eigenvalue weighted by Gasteiger charge is 2.22. The molecular formula is C10H10FNO2. The number of benzene rings is 1. The average Bonchev–Trinajstić information content (AvgIpc) is 2.12. The predicted molar refractivity (Wildman–Crippen MR) is 48.5 cm³/mol. The number of hydrogen-bond acceptors (Lipinski definition) is 2. The number of nitrogens with one attached hydrogen (secondary N) is 1. The second-order valence-electron chi connectivity index (χ2n) is 3.19. The lowest BCUT2D eigenvalue weighted by Gasteiger charge is -2.26. The van der Waals surface area contributed by atoms with Crippen molar-refractivity contribution in [2.45, 2.75) is 6.04 Å². The van der Waals surface area contributed by atoms with E-state index in [-0.39, 0.29) is 17.5 Å². The van der Waals surface area contributed by atoms with Crippen LogP contribution in [0.2, 0.25) is 0 Å². The standard InChI is InChI=1S/C10H10FNO2/c11-9-4-2-1-3-8(9)10(13)12-7-5-14-6-7/h1-4,7H,5-6H2,(H,12,13). The maximum absolute atomic E-state index is 13.1. The molecule has 1 aliphatic rings. The molecule has 0 spiro atoms. The SMILES string of the molecule is O=C(NC1COC1)c1ccccc1F. The molecule has 3 nitrogen and oxygen atoms in total. The minimum absolute atomic E-state index is 0.0297. The highest BCUT2D eigenvalue weighted by Crippen LogP contribution is 2.07. The Kier molecular flexibility index (Phi) is 2.45. The van der Waals surface area contributed by atoms with Gasteiger partial charge in [-0.1, -0.05) is 12.1 Å². The molecule has 1 heterocycles. The predicted octanol–water partition coefficient (Wildman–Crippen LogP) is 0.954. The summed E-state index contributed by atoms with van der Waals surface area (Å²) >= 11 is 0. The van der Waals surface area contributed by atoms with E-state index in [1.165, 1.54) is 12.1 Å². The van der Waals surface area contributed by atoms with Crippen LogP contribution in [0.4, 0.5) is 4.39 Å². The molecule has 1 aromatic rings. The van der Waals surface area contributed by atoms with E-state index in [0.29, 0.717) is 13.2 Å². The van der Waals surface area contributed by atoms with Gasteiger partial charge in [-0.3, -0.25) is 4.79 Å². The van der Waals surface area contributed by atoms with Crippen LogP contribution in [-0.4, -0.2) is 25.2 Å². The van der Waals surface area contributed by atoms with Crippen molar-refractivity contribution >= 4 is 5.91 Å². The van der Waals surface area contributed by atoms with Crippen molar-refractivity contribution in [2.24, 2.45) is 0 Å². The lowest BCUT2D eigenvalue weighted by atomic mass is 10.1. The van der Waals surface area contributed by atoms with Crippen LogP contribution >= 0.6 is 0 Å². The molecule has 0 aliphatic carbocycles. The number of halogens is 1. The van der Waals surface area contributed by atoms with Crippen LogP contribution in [-0.2, 0) is 4.74 Å². The first-order chi connectivity index (χ1) is 6.77. The van der Waals surface area contributed by atoms with Gasteiger partial charge in [0.1, 0.15) is 5.82 Å². The van der Waals surface area contributed by atoms with Gasteiger partial charge >= 0.3 is 0 Å². The number of carbonyl (C=O) groups is 1. The minimum atomic E-state index is -0.495. The van der Waals surface area contributed by atoms with Crippen LogP contribution in [0.3, 0.4) is 0 Å². The van der Waals surface area contributed by atoms with E-state index in [2.05, 4.69) is 5.32 Å². The van der Waals surface area contributed by atoms with Gasteiger partial charge in [0.05, 0.1) is 24.8 Å². The van der Waals surface area contributed by atoms with Gasteiger partial charge in [-0.25, -0.2) is 4.39 Å². The largest absolute Gasteiger partial charge is 0.377 e. The molecule has 0 saturated carbocycles. The molecule has 1 aliphatic heterocycles. The third kappa shape index (κ3) is 1.75. The Morgan fingerprint density at radius 2 is 2.14 bits per heavy atom. The first-order valence-corrected chi connectivity index (χ1v) is 4.40. The number of hydrogen-bond donors (Lipinski definition) is 1. The second kappa shape index (κ2) is 3.75. The monoisotopic (exact) mass is 195 g/mol. The summed E-state index contributed by atoms with van der Waals surface area (Å²) in [5.74, 6) is -0.873. The van der Waals surface area contributed by atoms with Crippen molar-refractivity contribution < 1.29 is 13.9 Å². The quantitative estimate of drug-likeness (QED) is 0.763. The number of rotatable bonds is 2. The molecule has 2 rings (SSSR count). The molecular weight excluding hydrogens is 185 g/mol. The summed E-state index contributed by atoms with van der Waals surface area (Å²) in [7, 11) is 0. The van der Waals surface area contributed by atoms with Gasteiger partial charge in [-0.05, 0) is 12.1 Å². The Labute approximate surface area is 80.9 Å². The molecule has 1 aromatic carbocycles. The summed E-state index contributed by atoms with van der Waals surface area (Å²) in [4.78, 5) is 11.5. The summed E-state index contributed by atoms with van der Waals surface area (Å²) in [5.41, 5.74) is 0.0828. The summed E-state index contributed by atoms with van der Waals surface area (Å²) in [5, 5.41) is 2.67. The number of ether oxygens (including phenoxy) is 1.